The zero-order valence-corrected chi connectivity index (χ0v) is 30.8. The number of furan rings is 1. The average molecular weight is 707 g/mol. The van der Waals surface area contributed by atoms with Crippen LogP contribution >= 0.6 is 0 Å². The lowest BCUT2D eigenvalue weighted by atomic mass is 9.70. The van der Waals surface area contributed by atoms with E-state index in [1.54, 1.807) is 0 Å². The lowest BCUT2D eigenvalue weighted by molar-refractivity contribution is 0.517. The van der Waals surface area contributed by atoms with Crippen molar-refractivity contribution < 1.29 is 4.42 Å². The Balaban J connectivity index is 1.17. The van der Waals surface area contributed by atoms with E-state index in [4.69, 9.17) is 4.42 Å². The lowest BCUT2D eigenvalue weighted by Crippen LogP contribution is -2.25. The molecule has 0 unspecified atom stereocenters. The van der Waals surface area contributed by atoms with Crippen molar-refractivity contribution in [3.8, 4) is 27.9 Å². The van der Waals surface area contributed by atoms with Crippen LogP contribution < -0.4 is 4.90 Å². The van der Waals surface area contributed by atoms with Gasteiger partial charge in [0, 0.05) is 44.3 Å². The summed E-state index contributed by atoms with van der Waals surface area (Å²) in [5.41, 5.74) is 16.4. The number of nitrogens with zero attached hydrogens (tertiary/aromatic N) is 2. The van der Waals surface area contributed by atoms with Gasteiger partial charge in [0.2, 0.25) is 0 Å². The second-order valence-electron chi connectivity index (χ2n) is 15.5. The molecule has 3 heteroatoms. The Bertz CT molecular complexity index is 3040. The second-order valence-corrected chi connectivity index (χ2v) is 15.5. The minimum Gasteiger partial charge on any atom is -0.454 e. The van der Waals surface area contributed by atoms with Crippen LogP contribution in [0.1, 0.15) is 25.0 Å². The summed E-state index contributed by atoms with van der Waals surface area (Å²) in [6.07, 6.45) is 0.990. The molecule has 0 bridgehead atoms. The van der Waals surface area contributed by atoms with Crippen molar-refractivity contribution in [2.24, 2.45) is 0 Å². The molecule has 0 radical (unpaired) electrons. The molecule has 0 atom stereocenters. The molecule has 262 valence electrons. The Kier molecular flexibility index (Phi) is 6.96. The van der Waals surface area contributed by atoms with Crippen LogP contribution in [-0.4, -0.2) is 4.57 Å². The topological polar surface area (TPSA) is 21.3 Å². The molecule has 0 amide bonds. The van der Waals surface area contributed by atoms with E-state index in [-0.39, 0.29) is 5.41 Å². The summed E-state index contributed by atoms with van der Waals surface area (Å²) in [5.74, 6) is 0. The predicted molar refractivity (Wildman–Crippen MR) is 230 cm³/mol. The quantitative estimate of drug-likeness (QED) is 0.178. The van der Waals surface area contributed by atoms with E-state index in [0.717, 1.165) is 62.1 Å². The molecular formula is C52H38N2O. The number of anilines is 3. The van der Waals surface area contributed by atoms with E-state index in [1.807, 2.05) is 0 Å². The smallest absolute Gasteiger partial charge is 0.160 e. The minimum atomic E-state index is 0.0427. The second kappa shape index (κ2) is 12.1. The Labute approximate surface area is 320 Å². The normalized spacial score (nSPS) is 13.3. The van der Waals surface area contributed by atoms with Gasteiger partial charge in [-0.05, 0) is 112 Å². The van der Waals surface area contributed by atoms with Crippen LogP contribution in [0, 0.1) is 0 Å². The van der Waals surface area contributed by atoms with Gasteiger partial charge in [0.1, 0.15) is 5.58 Å². The molecular weight excluding hydrogens is 669 g/mol. The van der Waals surface area contributed by atoms with Crippen molar-refractivity contribution in [3.63, 3.8) is 0 Å². The van der Waals surface area contributed by atoms with Crippen LogP contribution in [0.25, 0.3) is 71.7 Å². The van der Waals surface area contributed by atoms with Gasteiger partial charge in [-0.25, -0.2) is 0 Å². The van der Waals surface area contributed by atoms with E-state index in [9.17, 15) is 0 Å². The number of rotatable bonds is 5. The van der Waals surface area contributed by atoms with Crippen molar-refractivity contribution in [2.45, 2.75) is 25.7 Å². The first-order valence-corrected chi connectivity index (χ1v) is 19.1. The number of benzene rings is 8. The third kappa shape index (κ3) is 4.90. The molecule has 2 heterocycles. The van der Waals surface area contributed by atoms with Crippen LogP contribution in [0.3, 0.4) is 0 Å². The number of hydrogen-bond donors (Lipinski definition) is 0. The fraction of sp³-hybridized carbons (Fsp3) is 0.0769. The van der Waals surface area contributed by atoms with Gasteiger partial charge in [0.15, 0.2) is 5.58 Å². The van der Waals surface area contributed by atoms with Gasteiger partial charge in [-0.15, -0.1) is 0 Å². The highest BCUT2D eigenvalue weighted by atomic mass is 16.3. The fourth-order valence-corrected chi connectivity index (χ4v) is 9.23. The Morgan fingerprint density at radius 1 is 0.527 bits per heavy atom. The number of para-hydroxylation sites is 4. The number of fused-ring (bicyclic) bond motifs is 10. The van der Waals surface area contributed by atoms with Crippen molar-refractivity contribution in [1.82, 2.24) is 4.57 Å². The largest absolute Gasteiger partial charge is 0.454 e. The molecule has 0 fully saturated rings. The van der Waals surface area contributed by atoms with Gasteiger partial charge >= 0.3 is 0 Å². The van der Waals surface area contributed by atoms with E-state index in [2.05, 4.69) is 205 Å². The molecule has 1 aliphatic carbocycles. The van der Waals surface area contributed by atoms with Gasteiger partial charge in [-0.1, -0.05) is 129 Å². The van der Waals surface area contributed by atoms with Crippen molar-refractivity contribution >= 4 is 60.8 Å². The van der Waals surface area contributed by atoms with E-state index < -0.39 is 0 Å². The maximum atomic E-state index is 6.85. The highest BCUT2D eigenvalue weighted by Gasteiger charge is 2.31. The molecule has 1 aliphatic rings. The molecule has 8 aromatic carbocycles. The molecule has 0 spiro atoms. The average Bonchev–Trinajstić information content (AvgIpc) is 3.78. The SMILES string of the molecule is CC1(C)Cc2cc(-c3cc4c5ccccc5oc4c4c3c3ccccc3n4-c3ccc(N(c4ccccc4)c4ccccc4)cc3)ccc2-c2ccccc21. The predicted octanol–water partition coefficient (Wildman–Crippen LogP) is 14.3. The van der Waals surface area contributed by atoms with Crippen LogP contribution in [-0.2, 0) is 11.8 Å². The highest BCUT2D eigenvalue weighted by Crippen LogP contribution is 2.48. The van der Waals surface area contributed by atoms with Crippen LogP contribution in [0.5, 0.6) is 0 Å². The summed E-state index contributed by atoms with van der Waals surface area (Å²) in [5, 5.41) is 4.66. The van der Waals surface area contributed by atoms with Crippen molar-refractivity contribution in [1.29, 1.82) is 0 Å². The maximum absolute atomic E-state index is 6.85. The van der Waals surface area contributed by atoms with Gasteiger partial charge in [-0.2, -0.15) is 0 Å². The molecule has 55 heavy (non-hydrogen) atoms. The Morgan fingerprint density at radius 3 is 1.93 bits per heavy atom. The summed E-state index contributed by atoms with van der Waals surface area (Å²) in [4.78, 5) is 2.31. The molecule has 3 nitrogen and oxygen atoms in total. The van der Waals surface area contributed by atoms with E-state index in [0.29, 0.717) is 0 Å². The molecule has 0 saturated heterocycles. The third-order valence-corrected chi connectivity index (χ3v) is 11.7. The monoisotopic (exact) mass is 706 g/mol. The van der Waals surface area contributed by atoms with Crippen LogP contribution in [0.2, 0.25) is 0 Å². The molecule has 10 aromatic rings. The minimum absolute atomic E-state index is 0.0427. The first-order chi connectivity index (χ1) is 27.0. The highest BCUT2D eigenvalue weighted by molar-refractivity contribution is 6.26. The summed E-state index contributed by atoms with van der Waals surface area (Å²) in [6.45, 7) is 4.75. The third-order valence-electron chi connectivity index (χ3n) is 11.7. The summed E-state index contributed by atoms with van der Waals surface area (Å²) >= 11 is 0. The summed E-state index contributed by atoms with van der Waals surface area (Å²) < 4.78 is 9.27. The van der Waals surface area contributed by atoms with Gasteiger partial charge in [0.05, 0.1) is 11.0 Å². The lowest BCUT2D eigenvalue weighted by Gasteiger charge is -2.34. The zero-order chi connectivity index (χ0) is 36.7. The molecule has 0 aliphatic heterocycles. The Hall–Kier alpha value is -6.84. The van der Waals surface area contributed by atoms with Gasteiger partial charge in [0.25, 0.3) is 0 Å². The van der Waals surface area contributed by atoms with Crippen molar-refractivity contribution in [2.75, 3.05) is 4.90 Å². The first-order valence-electron chi connectivity index (χ1n) is 19.1. The molecule has 0 saturated carbocycles. The van der Waals surface area contributed by atoms with E-state index in [1.165, 1.54) is 44.2 Å². The van der Waals surface area contributed by atoms with Gasteiger partial charge < -0.3 is 13.9 Å². The van der Waals surface area contributed by atoms with E-state index >= 15 is 0 Å². The number of aromatic nitrogens is 1. The fourth-order valence-electron chi connectivity index (χ4n) is 9.23. The standard InChI is InChI=1S/C52H38N2O/c1-52(2)33-35-31-34(25-30-40(35)41-19-9-12-22-46(41)52)44-32-45-42-20-11-14-24-48(42)55-51(45)50-49(44)43-21-10-13-23-47(43)54(50)39-28-26-38(27-29-39)53(36-15-5-3-6-16-36)37-17-7-4-8-18-37/h3-32H,33H2,1-2H3. The number of hydrogen-bond acceptors (Lipinski definition) is 2. The van der Waals surface area contributed by atoms with Crippen molar-refractivity contribution in [3.05, 3.63) is 193 Å². The summed E-state index contributed by atoms with van der Waals surface area (Å²) in [7, 11) is 0. The Morgan fingerprint density at radius 2 is 1.16 bits per heavy atom. The maximum Gasteiger partial charge on any atom is 0.160 e. The first kappa shape index (κ1) is 31.7. The zero-order valence-electron chi connectivity index (χ0n) is 30.8. The van der Waals surface area contributed by atoms with Gasteiger partial charge in [-0.3, -0.25) is 0 Å². The molecule has 0 N–H and O–H groups in total. The molecule has 11 rings (SSSR count). The summed E-state index contributed by atoms with van der Waals surface area (Å²) in [6, 6.07) is 65.8. The van der Waals surface area contributed by atoms with Crippen LogP contribution in [0.4, 0.5) is 17.1 Å². The molecule has 2 aromatic heterocycles. The van der Waals surface area contributed by atoms with Crippen LogP contribution in [0.15, 0.2) is 186 Å².